The van der Waals surface area contributed by atoms with Crippen LogP contribution in [0.4, 0.5) is 14.5 Å². The van der Waals surface area contributed by atoms with Gasteiger partial charge < -0.3 is 19.6 Å². The smallest absolute Gasteiger partial charge is 0.274 e. The molecule has 0 fully saturated rings. The van der Waals surface area contributed by atoms with E-state index >= 15 is 0 Å². The number of aryl methyl sites for hydroxylation is 1. The molecular weight excluding hydrogens is 424 g/mol. The fourth-order valence-corrected chi connectivity index (χ4v) is 3.64. The molecule has 2 heterocycles. The summed E-state index contributed by atoms with van der Waals surface area (Å²) in [5.74, 6) is -1.16. The van der Waals surface area contributed by atoms with Crippen molar-refractivity contribution in [3.63, 3.8) is 0 Å². The van der Waals surface area contributed by atoms with Crippen molar-refractivity contribution in [2.75, 3.05) is 11.9 Å². The van der Waals surface area contributed by atoms with Crippen molar-refractivity contribution in [2.45, 2.75) is 27.2 Å². The number of ether oxygens (including phenoxy) is 1. The average molecular weight is 452 g/mol. The van der Waals surface area contributed by atoms with Crippen LogP contribution in [0.25, 0.3) is 22.0 Å². The first-order chi connectivity index (χ1) is 15.6. The molecule has 0 bridgehead atoms. The normalized spacial score (nSPS) is 11.7. The van der Waals surface area contributed by atoms with E-state index in [2.05, 4.69) is 31.1 Å². The molecule has 0 saturated carbocycles. The van der Waals surface area contributed by atoms with Crippen LogP contribution in [-0.4, -0.2) is 16.1 Å². The van der Waals surface area contributed by atoms with Gasteiger partial charge in [0.05, 0.1) is 0 Å². The summed E-state index contributed by atoms with van der Waals surface area (Å²) in [7, 11) is 1.69. The van der Waals surface area contributed by atoms with E-state index in [0.29, 0.717) is 16.8 Å². The number of H-pyrrole nitrogens is 1. The molecule has 5 nitrogen and oxygen atoms in total. The zero-order valence-electron chi connectivity index (χ0n) is 19.1. The fourth-order valence-electron chi connectivity index (χ4n) is 3.64. The van der Waals surface area contributed by atoms with Crippen molar-refractivity contribution in [2.24, 2.45) is 12.5 Å². The summed E-state index contributed by atoms with van der Waals surface area (Å²) in [6.07, 6.45) is 4.42. The highest BCUT2D eigenvalue weighted by Gasteiger charge is 2.17. The maximum Gasteiger partial charge on any atom is 0.274 e. The van der Waals surface area contributed by atoms with E-state index in [4.69, 9.17) is 4.74 Å². The molecule has 4 rings (SSSR count). The lowest BCUT2D eigenvalue weighted by Gasteiger charge is -2.19. The number of hydrogen-bond donors (Lipinski definition) is 2. The molecule has 0 amide bonds. The Labute approximate surface area is 191 Å². The second-order valence-electron chi connectivity index (χ2n) is 9.35. The number of rotatable bonds is 6. The summed E-state index contributed by atoms with van der Waals surface area (Å²) in [5, 5.41) is 4.16. The number of hydrogen-bond acceptors (Lipinski definition) is 3. The van der Waals surface area contributed by atoms with Crippen LogP contribution in [0.3, 0.4) is 0 Å². The Kier molecular flexibility index (Phi) is 5.97. The molecule has 0 radical (unpaired) electrons. The first-order valence-corrected chi connectivity index (χ1v) is 10.8. The van der Waals surface area contributed by atoms with Crippen molar-refractivity contribution >= 4 is 16.6 Å². The molecule has 7 heteroatoms. The maximum absolute atomic E-state index is 14.3. The zero-order valence-corrected chi connectivity index (χ0v) is 19.1. The Morgan fingerprint density at radius 2 is 1.79 bits per heavy atom. The number of fused-ring (bicyclic) bond motifs is 1. The van der Waals surface area contributed by atoms with Crippen LogP contribution in [0.2, 0.25) is 0 Å². The van der Waals surface area contributed by atoms with E-state index in [1.807, 2.05) is 18.2 Å². The molecule has 0 aliphatic rings. The third-order valence-electron chi connectivity index (χ3n) is 5.51. The van der Waals surface area contributed by atoms with Crippen molar-refractivity contribution in [3.8, 4) is 22.6 Å². The number of nitrogens with zero attached hydrogens (tertiary/aromatic N) is 1. The molecule has 0 saturated heterocycles. The molecule has 2 N–H and O–H groups in total. The second-order valence-corrected chi connectivity index (χ2v) is 9.35. The molecular formula is C26H27F2N3O2. The summed E-state index contributed by atoms with van der Waals surface area (Å²) >= 11 is 0. The van der Waals surface area contributed by atoms with E-state index in [-0.39, 0.29) is 16.7 Å². The average Bonchev–Trinajstić information content (AvgIpc) is 3.17. The second kappa shape index (κ2) is 8.73. The molecule has 2 aromatic heterocycles. The molecule has 0 atom stereocenters. The van der Waals surface area contributed by atoms with Gasteiger partial charge in [-0.3, -0.25) is 4.79 Å². The number of aromatic amines is 1. The van der Waals surface area contributed by atoms with Gasteiger partial charge in [-0.15, -0.1) is 0 Å². The number of nitrogens with one attached hydrogen (secondary N) is 2. The Morgan fingerprint density at radius 3 is 2.52 bits per heavy atom. The lowest BCUT2D eigenvalue weighted by atomic mass is 9.92. The zero-order chi connectivity index (χ0) is 23.8. The molecule has 33 heavy (non-hydrogen) atoms. The van der Waals surface area contributed by atoms with Gasteiger partial charge in [0.15, 0.2) is 11.6 Å². The first kappa shape index (κ1) is 22.6. The number of pyridine rings is 1. The molecule has 0 spiro atoms. The van der Waals surface area contributed by atoms with Gasteiger partial charge in [-0.05, 0) is 48.2 Å². The van der Waals surface area contributed by atoms with E-state index in [9.17, 15) is 13.6 Å². The molecule has 172 valence electrons. The Morgan fingerprint density at radius 1 is 1.03 bits per heavy atom. The molecule has 4 aromatic rings. The fraction of sp³-hybridized carbons (Fsp3) is 0.269. The van der Waals surface area contributed by atoms with Gasteiger partial charge >= 0.3 is 0 Å². The third kappa shape index (κ3) is 4.92. The van der Waals surface area contributed by atoms with E-state index in [1.54, 1.807) is 25.5 Å². The van der Waals surface area contributed by atoms with Gasteiger partial charge in [-0.25, -0.2) is 8.78 Å². The van der Waals surface area contributed by atoms with Gasteiger partial charge in [-0.2, -0.15) is 0 Å². The Bertz CT molecular complexity index is 1370. The van der Waals surface area contributed by atoms with Gasteiger partial charge in [0.2, 0.25) is 0 Å². The standard InChI is InChI=1S/C26H27F2N3O2/c1-26(2,3)10-11-29-17-6-8-22(33-23-7-5-16(27)13-21(23)28)19(14-17)20-15-30-24-18(20)9-12-31(4)25(24)32/h5-9,12-15,29-30H,10-11H2,1-4H3. The Balaban J connectivity index is 1.78. The van der Waals surface area contributed by atoms with Crippen LogP contribution in [0.5, 0.6) is 11.5 Å². The summed E-state index contributed by atoms with van der Waals surface area (Å²) in [5.41, 5.74) is 2.82. The summed E-state index contributed by atoms with van der Waals surface area (Å²) < 4.78 is 35.0. The van der Waals surface area contributed by atoms with Crippen LogP contribution < -0.4 is 15.6 Å². The molecule has 0 aliphatic heterocycles. The van der Waals surface area contributed by atoms with Crippen molar-refractivity contribution in [1.29, 1.82) is 0 Å². The van der Waals surface area contributed by atoms with Crippen LogP contribution in [0.15, 0.2) is 59.7 Å². The molecule has 2 aromatic carbocycles. The SMILES string of the molecule is Cn1ccc2c(-c3cc(NCCC(C)(C)C)ccc3Oc3ccc(F)cc3F)c[nH]c2c1=O. The minimum atomic E-state index is -0.791. The third-order valence-corrected chi connectivity index (χ3v) is 5.51. The molecule has 0 unspecified atom stereocenters. The minimum absolute atomic E-state index is 0.0816. The lowest BCUT2D eigenvalue weighted by Crippen LogP contribution is -2.15. The topological polar surface area (TPSA) is 59.1 Å². The maximum atomic E-state index is 14.3. The van der Waals surface area contributed by atoms with Gasteiger partial charge in [0.25, 0.3) is 5.56 Å². The van der Waals surface area contributed by atoms with Gasteiger partial charge in [0, 0.05) is 54.3 Å². The van der Waals surface area contributed by atoms with Gasteiger partial charge in [0.1, 0.15) is 17.1 Å². The number of halogens is 2. The van der Waals surface area contributed by atoms with E-state index in [1.165, 1.54) is 10.6 Å². The van der Waals surface area contributed by atoms with Crippen molar-refractivity contribution in [1.82, 2.24) is 9.55 Å². The highest BCUT2D eigenvalue weighted by molar-refractivity contribution is 5.97. The monoisotopic (exact) mass is 451 g/mol. The predicted molar refractivity (Wildman–Crippen MR) is 128 cm³/mol. The first-order valence-electron chi connectivity index (χ1n) is 10.8. The van der Waals surface area contributed by atoms with Crippen LogP contribution in [-0.2, 0) is 7.05 Å². The van der Waals surface area contributed by atoms with Crippen LogP contribution in [0, 0.1) is 17.0 Å². The number of benzene rings is 2. The van der Waals surface area contributed by atoms with E-state index in [0.717, 1.165) is 41.7 Å². The minimum Gasteiger partial charge on any atom is -0.454 e. The highest BCUT2D eigenvalue weighted by atomic mass is 19.1. The Hall–Kier alpha value is -3.61. The largest absolute Gasteiger partial charge is 0.454 e. The molecule has 0 aliphatic carbocycles. The summed E-state index contributed by atoms with van der Waals surface area (Å²) in [6.45, 7) is 7.33. The van der Waals surface area contributed by atoms with Crippen molar-refractivity contribution in [3.05, 3.63) is 76.8 Å². The van der Waals surface area contributed by atoms with Crippen molar-refractivity contribution < 1.29 is 13.5 Å². The quantitative estimate of drug-likeness (QED) is 0.354. The number of aromatic nitrogens is 2. The van der Waals surface area contributed by atoms with Crippen LogP contribution in [0.1, 0.15) is 27.2 Å². The summed E-state index contributed by atoms with van der Waals surface area (Å²) in [4.78, 5) is 15.6. The lowest BCUT2D eigenvalue weighted by molar-refractivity contribution is 0.390. The highest BCUT2D eigenvalue weighted by Crippen LogP contribution is 2.39. The van der Waals surface area contributed by atoms with E-state index < -0.39 is 11.6 Å². The predicted octanol–water partition coefficient (Wildman–Crippen LogP) is 6.45. The van der Waals surface area contributed by atoms with Gasteiger partial charge in [-0.1, -0.05) is 20.8 Å². The number of anilines is 1. The summed E-state index contributed by atoms with van der Waals surface area (Å²) in [6, 6.07) is 10.6. The van der Waals surface area contributed by atoms with Crippen LogP contribution >= 0.6 is 0 Å².